The zero-order valence-corrected chi connectivity index (χ0v) is 23.4. The van der Waals surface area contributed by atoms with Crippen molar-refractivity contribution in [2.45, 2.75) is 181 Å². The summed E-state index contributed by atoms with van der Waals surface area (Å²) in [5.41, 5.74) is 0. The van der Waals surface area contributed by atoms with Crippen LogP contribution in [0.1, 0.15) is 181 Å². The summed E-state index contributed by atoms with van der Waals surface area (Å²) in [7, 11) is 0. The number of ether oxygens (including phenoxy) is 1. The molecule has 0 aromatic carbocycles. The maximum absolute atomic E-state index is 11.8. The van der Waals surface area contributed by atoms with Gasteiger partial charge in [0.05, 0.1) is 6.61 Å². The zero-order chi connectivity index (χ0) is 23.4. The molecule has 0 saturated heterocycles. The second kappa shape index (κ2) is 32.1. The van der Waals surface area contributed by atoms with Gasteiger partial charge in [0, 0.05) is 25.3 Å². The van der Waals surface area contributed by atoms with Gasteiger partial charge in [0.2, 0.25) is 0 Å². The molecule has 0 aromatic rings. The van der Waals surface area contributed by atoms with Gasteiger partial charge in [0.1, 0.15) is 0 Å². The van der Waals surface area contributed by atoms with E-state index in [4.69, 9.17) is 4.74 Å². The van der Waals surface area contributed by atoms with E-state index in [1.165, 1.54) is 148 Å². The fraction of sp³-hybridized carbons (Fsp3) is 0.967. The Morgan fingerprint density at radius 2 is 0.697 bits per heavy atom. The van der Waals surface area contributed by atoms with E-state index >= 15 is 0 Å². The molecule has 0 atom stereocenters. The quantitative estimate of drug-likeness (QED) is 0.0693. The second-order valence-corrected chi connectivity index (χ2v) is 10.1. The van der Waals surface area contributed by atoms with Crippen molar-refractivity contribution in [3.8, 4) is 0 Å². The smallest absolute Gasteiger partial charge is 0.305 e. The van der Waals surface area contributed by atoms with Crippen molar-refractivity contribution in [2.75, 3.05) is 6.61 Å². The van der Waals surface area contributed by atoms with Crippen LogP contribution < -0.4 is 0 Å². The van der Waals surface area contributed by atoms with Gasteiger partial charge in [-0.25, -0.2) is 0 Å². The fourth-order valence-electron chi connectivity index (χ4n) is 4.49. The molecule has 2 nitrogen and oxygen atoms in total. The molecule has 0 aliphatic carbocycles. The molecule has 33 heavy (non-hydrogen) atoms. The summed E-state index contributed by atoms with van der Waals surface area (Å²) in [6.07, 6.45) is 34.2. The van der Waals surface area contributed by atoms with Gasteiger partial charge < -0.3 is 4.74 Å². The minimum atomic E-state index is 0. The predicted molar refractivity (Wildman–Crippen MR) is 148 cm³/mol. The molecule has 0 unspecified atom stereocenters. The Labute approximate surface area is 221 Å². The number of carbonyl (C=O) groups is 1. The van der Waals surface area contributed by atoms with Crippen LogP contribution in [0, 0.1) is 0 Å². The fourth-order valence-corrected chi connectivity index (χ4v) is 4.49. The van der Waals surface area contributed by atoms with Gasteiger partial charge in [-0.2, -0.15) is 0 Å². The number of rotatable bonds is 27. The van der Waals surface area contributed by atoms with Crippen LogP contribution in [0.15, 0.2) is 0 Å². The van der Waals surface area contributed by atoms with Crippen molar-refractivity contribution in [1.82, 2.24) is 0 Å². The molecule has 0 aliphatic heterocycles. The number of carbonyl (C=O) groups excluding carboxylic acids is 1. The van der Waals surface area contributed by atoms with E-state index in [9.17, 15) is 4.79 Å². The van der Waals surface area contributed by atoms with Gasteiger partial charge in [-0.05, 0) is 12.8 Å². The SMILES string of the molecule is CCCCCCCCCCCCCCCCCC(=O)OCCCCCCCCCCCC.[Li]. The van der Waals surface area contributed by atoms with Crippen molar-refractivity contribution in [3.05, 3.63) is 0 Å². The molecule has 1 radical (unpaired) electrons. The topological polar surface area (TPSA) is 26.3 Å². The third-order valence-corrected chi connectivity index (χ3v) is 6.75. The molecule has 0 aliphatic rings. The average molecular weight is 460 g/mol. The van der Waals surface area contributed by atoms with Crippen molar-refractivity contribution in [1.29, 1.82) is 0 Å². The molecule has 0 bridgehead atoms. The molecule has 0 rings (SSSR count). The maximum Gasteiger partial charge on any atom is 0.305 e. The molecule has 193 valence electrons. The Hall–Kier alpha value is 0.0674. The molecule has 0 amide bonds. The van der Waals surface area contributed by atoms with Gasteiger partial charge in [0.15, 0.2) is 0 Å². The normalized spacial score (nSPS) is 10.8. The summed E-state index contributed by atoms with van der Waals surface area (Å²) < 4.78 is 5.39. The third-order valence-electron chi connectivity index (χ3n) is 6.75. The molecule has 0 N–H and O–H groups in total. The van der Waals surface area contributed by atoms with Gasteiger partial charge in [-0.3, -0.25) is 4.79 Å². The molecule has 0 spiro atoms. The van der Waals surface area contributed by atoms with Crippen LogP contribution in [-0.2, 0) is 9.53 Å². The molecule has 0 aromatic heterocycles. The summed E-state index contributed by atoms with van der Waals surface area (Å²) >= 11 is 0. The minimum Gasteiger partial charge on any atom is -0.466 e. The Bertz CT molecular complexity index is 359. The molecule has 0 heterocycles. The third kappa shape index (κ3) is 32.1. The van der Waals surface area contributed by atoms with Crippen LogP contribution in [0.2, 0.25) is 0 Å². The Morgan fingerprint density at radius 3 is 1.03 bits per heavy atom. The number of esters is 1. The van der Waals surface area contributed by atoms with Crippen LogP contribution >= 0.6 is 0 Å². The van der Waals surface area contributed by atoms with E-state index in [1.807, 2.05) is 0 Å². The van der Waals surface area contributed by atoms with E-state index in [0.29, 0.717) is 13.0 Å². The van der Waals surface area contributed by atoms with E-state index < -0.39 is 0 Å². The first kappa shape index (κ1) is 35.2. The summed E-state index contributed by atoms with van der Waals surface area (Å²) in [6, 6.07) is 0. The van der Waals surface area contributed by atoms with E-state index in [-0.39, 0.29) is 24.8 Å². The van der Waals surface area contributed by atoms with Gasteiger partial charge in [-0.15, -0.1) is 0 Å². The van der Waals surface area contributed by atoms with Crippen molar-refractivity contribution in [2.24, 2.45) is 0 Å². The monoisotopic (exact) mass is 459 g/mol. The van der Waals surface area contributed by atoms with Crippen LogP contribution in [0.5, 0.6) is 0 Å². The number of unbranched alkanes of at least 4 members (excludes halogenated alkanes) is 23. The molecule has 0 saturated carbocycles. The van der Waals surface area contributed by atoms with Crippen LogP contribution in [0.25, 0.3) is 0 Å². The predicted octanol–water partition coefficient (Wildman–Crippen LogP) is 10.3. The second-order valence-electron chi connectivity index (χ2n) is 10.1. The van der Waals surface area contributed by atoms with Crippen molar-refractivity contribution >= 4 is 24.8 Å². The summed E-state index contributed by atoms with van der Waals surface area (Å²) in [4.78, 5) is 11.8. The first-order valence-corrected chi connectivity index (χ1v) is 15.0. The Kier molecular flexibility index (Phi) is 34.2. The average Bonchev–Trinajstić information content (AvgIpc) is 2.80. The first-order valence-electron chi connectivity index (χ1n) is 15.0. The van der Waals surface area contributed by atoms with Crippen LogP contribution in [0.4, 0.5) is 0 Å². The van der Waals surface area contributed by atoms with E-state index in [2.05, 4.69) is 13.8 Å². The van der Waals surface area contributed by atoms with Crippen molar-refractivity contribution < 1.29 is 9.53 Å². The van der Waals surface area contributed by atoms with Crippen molar-refractivity contribution in [3.63, 3.8) is 0 Å². The maximum atomic E-state index is 11.8. The van der Waals surface area contributed by atoms with E-state index in [1.54, 1.807) is 0 Å². The minimum absolute atomic E-state index is 0. The summed E-state index contributed by atoms with van der Waals surface area (Å²) in [5, 5.41) is 0. The zero-order valence-electron chi connectivity index (χ0n) is 23.4. The van der Waals surface area contributed by atoms with Gasteiger partial charge in [0.25, 0.3) is 0 Å². The molecule has 3 heteroatoms. The molecular weight excluding hydrogens is 399 g/mol. The van der Waals surface area contributed by atoms with Crippen LogP contribution in [-0.4, -0.2) is 31.4 Å². The Morgan fingerprint density at radius 1 is 0.424 bits per heavy atom. The van der Waals surface area contributed by atoms with Gasteiger partial charge in [-0.1, -0.05) is 162 Å². The van der Waals surface area contributed by atoms with E-state index in [0.717, 1.165) is 12.8 Å². The first-order chi connectivity index (χ1) is 15.8. The standard InChI is InChI=1S/C30H60O2.Li/c1-3-5-7-9-11-13-15-16-17-18-19-20-22-24-26-28-30(31)32-29-27-25-23-21-14-12-10-8-6-4-2;/h3-29H2,1-2H3;. The number of hydrogen-bond acceptors (Lipinski definition) is 2. The summed E-state index contributed by atoms with van der Waals surface area (Å²) in [5.74, 6) is 0.0237. The Balaban J connectivity index is 0. The molecule has 0 fully saturated rings. The summed E-state index contributed by atoms with van der Waals surface area (Å²) in [6.45, 7) is 5.19. The van der Waals surface area contributed by atoms with Gasteiger partial charge >= 0.3 is 5.97 Å². The van der Waals surface area contributed by atoms with Crippen LogP contribution in [0.3, 0.4) is 0 Å². The number of hydrogen-bond donors (Lipinski definition) is 0. The molecular formula is C30H60LiO2. The largest absolute Gasteiger partial charge is 0.466 e.